The minimum atomic E-state index is 0.574. The summed E-state index contributed by atoms with van der Waals surface area (Å²) in [6.45, 7) is 4.61. The molecule has 12 heavy (non-hydrogen) atoms. The number of thiophene rings is 1. The third kappa shape index (κ3) is 0.824. The third-order valence-electron chi connectivity index (χ3n) is 3.15. The summed E-state index contributed by atoms with van der Waals surface area (Å²) in [4.78, 5) is 1.67. The fraction of sp³-hybridized carbons (Fsp3) is 0.600. The van der Waals surface area contributed by atoms with Crippen molar-refractivity contribution in [3.05, 3.63) is 21.4 Å². The van der Waals surface area contributed by atoms with Gasteiger partial charge in [0.15, 0.2) is 0 Å². The van der Waals surface area contributed by atoms with Gasteiger partial charge < -0.3 is 5.32 Å². The van der Waals surface area contributed by atoms with Gasteiger partial charge in [0.05, 0.1) is 0 Å². The number of fused-ring (bicyclic) bond motifs is 1. The van der Waals surface area contributed by atoms with Crippen molar-refractivity contribution in [1.82, 2.24) is 5.32 Å². The van der Waals surface area contributed by atoms with Crippen LogP contribution in [0.15, 0.2) is 5.38 Å². The van der Waals surface area contributed by atoms with Crippen molar-refractivity contribution in [1.29, 1.82) is 0 Å². The Morgan fingerprint density at radius 1 is 1.42 bits per heavy atom. The van der Waals surface area contributed by atoms with Crippen LogP contribution in [0.2, 0.25) is 0 Å². The molecule has 2 heteroatoms. The number of hydrogen-bond donors (Lipinski definition) is 1. The first-order valence-electron chi connectivity index (χ1n) is 4.60. The lowest BCUT2D eigenvalue weighted by Gasteiger charge is -2.06. The number of rotatable bonds is 1. The van der Waals surface area contributed by atoms with Crippen molar-refractivity contribution in [2.75, 3.05) is 0 Å². The Labute approximate surface area is 76.8 Å². The molecule has 0 atom stereocenters. The van der Waals surface area contributed by atoms with Crippen molar-refractivity contribution in [2.24, 2.45) is 0 Å². The Morgan fingerprint density at radius 2 is 2.25 bits per heavy atom. The molecule has 1 N–H and O–H groups in total. The maximum Gasteiger partial charge on any atom is 0.0223 e. The second kappa shape index (κ2) is 2.12. The van der Waals surface area contributed by atoms with Crippen molar-refractivity contribution in [2.45, 2.75) is 38.3 Å². The molecule has 0 amide bonds. The molecular formula is C10H13NS. The lowest BCUT2D eigenvalue weighted by atomic mass is 10.0. The highest BCUT2D eigenvalue weighted by Crippen LogP contribution is 2.52. The van der Waals surface area contributed by atoms with Crippen LogP contribution in [0.4, 0.5) is 0 Å². The quantitative estimate of drug-likeness (QED) is 0.698. The van der Waals surface area contributed by atoms with Gasteiger partial charge in [0.2, 0.25) is 0 Å². The minimum absolute atomic E-state index is 0.574. The van der Waals surface area contributed by atoms with Gasteiger partial charge in [-0.15, -0.1) is 11.3 Å². The van der Waals surface area contributed by atoms with Crippen molar-refractivity contribution < 1.29 is 0 Å². The maximum atomic E-state index is 3.41. The molecule has 2 heterocycles. The Balaban J connectivity index is 2.11. The van der Waals surface area contributed by atoms with Crippen LogP contribution in [-0.2, 0) is 18.5 Å². The molecule has 1 fully saturated rings. The second-order valence-corrected chi connectivity index (χ2v) is 5.11. The van der Waals surface area contributed by atoms with Crippen LogP contribution < -0.4 is 5.32 Å². The van der Waals surface area contributed by atoms with Crippen LogP contribution in [0.25, 0.3) is 0 Å². The van der Waals surface area contributed by atoms with E-state index in [1.165, 1.54) is 12.8 Å². The topological polar surface area (TPSA) is 12.0 Å². The van der Waals surface area contributed by atoms with Gasteiger partial charge in [-0.3, -0.25) is 0 Å². The SMILES string of the molecule is CC1(c2scc3c2CNC3)CC1. The first-order valence-corrected chi connectivity index (χ1v) is 5.48. The summed E-state index contributed by atoms with van der Waals surface area (Å²) >= 11 is 1.98. The van der Waals surface area contributed by atoms with Crippen LogP contribution in [0.5, 0.6) is 0 Å². The fourth-order valence-corrected chi connectivity index (χ4v) is 3.32. The number of nitrogens with one attached hydrogen (secondary N) is 1. The van der Waals surface area contributed by atoms with Crippen LogP contribution in [0.1, 0.15) is 35.8 Å². The van der Waals surface area contributed by atoms with Gasteiger partial charge >= 0.3 is 0 Å². The normalized spacial score (nSPS) is 24.1. The molecule has 0 aromatic carbocycles. The molecule has 2 aliphatic rings. The van der Waals surface area contributed by atoms with Crippen LogP contribution in [-0.4, -0.2) is 0 Å². The molecule has 0 spiro atoms. The summed E-state index contributed by atoms with van der Waals surface area (Å²) in [6.07, 6.45) is 2.81. The molecule has 0 unspecified atom stereocenters. The van der Waals surface area contributed by atoms with E-state index in [1.54, 1.807) is 16.0 Å². The summed E-state index contributed by atoms with van der Waals surface area (Å²) in [7, 11) is 0. The van der Waals surface area contributed by atoms with E-state index in [2.05, 4.69) is 17.6 Å². The highest BCUT2D eigenvalue weighted by Gasteiger charge is 2.42. The van der Waals surface area contributed by atoms with Gasteiger partial charge in [0.1, 0.15) is 0 Å². The zero-order valence-corrected chi connectivity index (χ0v) is 8.13. The van der Waals surface area contributed by atoms with E-state index < -0.39 is 0 Å². The van der Waals surface area contributed by atoms with E-state index in [-0.39, 0.29) is 0 Å². The molecule has 0 radical (unpaired) electrons. The summed E-state index contributed by atoms with van der Waals surface area (Å²) in [6, 6.07) is 0. The molecule has 1 aliphatic carbocycles. The number of hydrogen-bond acceptors (Lipinski definition) is 2. The monoisotopic (exact) mass is 179 g/mol. The van der Waals surface area contributed by atoms with Crippen LogP contribution in [0, 0.1) is 0 Å². The lowest BCUT2D eigenvalue weighted by molar-refractivity contribution is 0.744. The van der Waals surface area contributed by atoms with Gasteiger partial charge in [0, 0.05) is 23.4 Å². The second-order valence-electron chi connectivity index (χ2n) is 4.23. The van der Waals surface area contributed by atoms with Crippen LogP contribution in [0.3, 0.4) is 0 Å². The highest BCUT2D eigenvalue weighted by molar-refractivity contribution is 7.10. The van der Waals surface area contributed by atoms with Gasteiger partial charge in [-0.05, 0) is 29.3 Å². The molecule has 1 saturated carbocycles. The predicted octanol–water partition coefficient (Wildman–Crippen LogP) is 2.40. The summed E-state index contributed by atoms with van der Waals surface area (Å²) in [5.41, 5.74) is 3.76. The van der Waals surface area contributed by atoms with Gasteiger partial charge in [-0.1, -0.05) is 6.92 Å². The van der Waals surface area contributed by atoms with Crippen molar-refractivity contribution >= 4 is 11.3 Å². The van der Waals surface area contributed by atoms with E-state index in [1.807, 2.05) is 11.3 Å². The van der Waals surface area contributed by atoms with E-state index in [4.69, 9.17) is 0 Å². The van der Waals surface area contributed by atoms with Gasteiger partial charge in [-0.25, -0.2) is 0 Å². The molecular weight excluding hydrogens is 166 g/mol. The van der Waals surface area contributed by atoms with Gasteiger partial charge in [-0.2, -0.15) is 0 Å². The zero-order valence-electron chi connectivity index (χ0n) is 7.31. The Kier molecular flexibility index (Phi) is 1.25. The first kappa shape index (κ1) is 7.10. The first-order chi connectivity index (χ1) is 5.80. The predicted molar refractivity (Wildman–Crippen MR) is 51.4 cm³/mol. The summed E-state index contributed by atoms with van der Waals surface area (Å²) in [5, 5.41) is 5.76. The van der Waals surface area contributed by atoms with E-state index >= 15 is 0 Å². The molecule has 1 nitrogen and oxygen atoms in total. The summed E-state index contributed by atoms with van der Waals surface area (Å²) < 4.78 is 0. The molecule has 3 rings (SSSR count). The molecule has 1 aromatic heterocycles. The Bertz CT molecular complexity index is 323. The smallest absolute Gasteiger partial charge is 0.0223 e. The van der Waals surface area contributed by atoms with Gasteiger partial charge in [0.25, 0.3) is 0 Å². The third-order valence-corrected chi connectivity index (χ3v) is 4.52. The fourth-order valence-electron chi connectivity index (χ4n) is 2.00. The Morgan fingerprint density at radius 3 is 3.00 bits per heavy atom. The Hall–Kier alpha value is -0.340. The molecule has 1 aromatic rings. The molecule has 0 saturated heterocycles. The molecule has 0 bridgehead atoms. The van der Waals surface area contributed by atoms with Crippen molar-refractivity contribution in [3.63, 3.8) is 0 Å². The van der Waals surface area contributed by atoms with E-state index in [0.717, 1.165) is 13.1 Å². The standard InChI is InChI=1S/C10H13NS/c1-10(2-3-10)9-8-5-11-4-7(8)6-12-9/h6,11H,2-5H2,1H3. The zero-order chi connectivity index (χ0) is 8.18. The highest BCUT2D eigenvalue weighted by atomic mass is 32.1. The largest absolute Gasteiger partial charge is 0.309 e. The maximum absolute atomic E-state index is 3.41. The summed E-state index contributed by atoms with van der Waals surface area (Å²) in [5.74, 6) is 0. The minimum Gasteiger partial charge on any atom is -0.309 e. The van der Waals surface area contributed by atoms with Crippen molar-refractivity contribution in [3.8, 4) is 0 Å². The van der Waals surface area contributed by atoms with E-state index in [9.17, 15) is 0 Å². The van der Waals surface area contributed by atoms with E-state index in [0.29, 0.717) is 5.41 Å². The molecule has 64 valence electrons. The van der Waals surface area contributed by atoms with Crippen LogP contribution >= 0.6 is 11.3 Å². The molecule has 1 aliphatic heterocycles. The average Bonchev–Trinajstić information content (AvgIpc) is 2.48. The lowest BCUT2D eigenvalue weighted by Crippen LogP contribution is -2.04. The average molecular weight is 179 g/mol.